The first-order valence-electron chi connectivity index (χ1n) is 5.47. The summed E-state index contributed by atoms with van der Waals surface area (Å²) in [6, 6.07) is 16.9. The lowest BCUT2D eigenvalue weighted by molar-refractivity contribution is -0.145. The van der Waals surface area contributed by atoms with E-state index in [4.69, 9.17) is 5.21 Å². The topological polar surface area (TPSA) is 69.6 Å². The molecule has 2 aromatic carbocycles. The zero-order valence-corrected chi connectivity index (χ0v) is 9.58. The SMILES string of the molecule is O=C(NO)C(O)(c1ccccc1)c1ccccc1. The Morgan fingerprint density at radius 3 is 1.61 bits per heavy atom. The van der Waals surface area contributed by atoms with Gasteiger partial charge in [-0.05, 0) is 11.1 Å². The lowest BCUT2D eigenvalue weighted by atomic mass is 9.86. The van der Waals surface area contributed by atoms with E-state index in [1.807, 2.05) is 0 Å². The molecule has 0 unspecified atom stereocenters. The summed E-state index contributed by atoms with van der Waals surface area (Å²) in [5.74, 6) is -0.889. The molecule has 2 aromatic rings. The second-order valence-corrected chi connectivity index (χ2v) is 3.88. The van der Waals surface area contributed by atoms with Gasteiger partial charge in [-0.25, -0.2) is 5.48 Å². The minimum absolute atomic E-state index is 0.391. The Balaban J connectivity index is 2.59. The quantitative estimate of drug-likeness (QED) is 0.564. The van der Waals surface area contributed by atoms with Crippen molar-refractivity contribution in [2.75, 3.05) is 0 Å². The smallest absolute Gasteiger partial charge is 0.284 e. The first-order valence-corrected chi connectivity index (χ1v) is 5.47. The molecule has 0 spiro atoms. The molecule has 18 heavy (non-hydrogen) atoms. The fraction of sp³-hybridized carbons (Fsp3) is 0.0714. The fourth-order valence-electron chi connectivity index (χ4n) is 1.87. The van der Waals surface area contributed by atoms with E-state index in [9.17, 15) is 9.90 Å². The molecule has 4 nitrogen and oxygen atoms in total. The molecule has 0 aliphatic rings. The van der Waals surface area contributed by atoms with Crippen molar-refractivity contribution in [1.29, 1.82) is 0 Å². The number of nitrogens with one attached hydrogen (secondary N) is 1. The summed E-state index contributed by atoms with van der Waals surface area (Å²) < 4.78 is 0. The Bertz CT molecular complexity index is 486. The van der Waals surface area contributed by atoms with E-state index in [1.54, 1.807) is 60.7 Å². The summed E-state index contributed by atoms with van der Waals surface area (Å²) in [7, 11) is 0. The summed E-state index contributed by atoms with van der Waals surface area (Å²) in [4.78, 5) is 11.8. The third-order valence-corrected chi connectivity index (χ3v) is 2.81. The van der Waals surface area contributed by atoms with Gasteiger partial charge in [-0.1, -0.05) is 60.7 Å². The summed E-state index contributed by atoms with van der Waals surface area (Å²) in [6.07, 6.45) is 0. The van der Waals surface area contributed by atoms with Crippen LogP contribution >= 0.6 is 0 Å². The molecule has 3 N–H and O–H groups in total. The van der Waals surface area contributed by atoms with Crippen molar-refractivity contribution in [1.82, 2.24) is 5.48 Å². The number of carbonyl (C=O) groups is 1. The van der Waals surface area contributed by atoms with Crippen molar-refractivity contribution in [3.05, 3.63) is 71.8 Å². The van der Waals surface area contributed by atoms with Gasteiger partial charge in [0.2, 0.25) is 0 Å². The predicted octanol–water partition coefficient (Wildman–Crippen LogP) is 1.43. The average molecular weight is 243 g/mol. The van der Waals surface area contributed by atoms with Crippen LogP contribution in [0.1, 0.15) is 11.1 Å². The Morgan fingerprint density at radius 2 is 1.28 bits per heavy atom. The third kappa shape index (κ3) is 1.99. The first kappa shape index (κ1) is 12.3. The second-order valence-electron chi connectivity index (χ2n) is 3.88. The van der Waals surface area contributed by atoms with Crippen LogP contribution in [0.2, 0.25) is 0 Å². The zero-order valence-electron chi connectivity index (χ0n) is 9.58. The van der Waals surface area contributed by atoms with Gasteiger partial charge >= 0.3 is 0 Å². The molecule has 0 bridgehead atoms. The van der Waals surface area contributed by atoms with E-state index in [0.717, 1.165) is 0 Å². The van der Waals surface area contributed by atoms with E-state index in [1.165, 1.54) is 5.48 Å². The number of amides is 1. The van der Waals surface area contributed by atoms with Crippen LogP contribution in [-0.2, 0) is 10.4 Å². The van der Waals surface area contributed by atoms with Crippen LogP contribution in [0.25, 0.3) is 0 Å². The van der Waals surface area contributed by atoms with Crippen molar-refractivity contribution in [3.63, 3.8) is 0 Å². The van der Waals surface area contributed by atoms with E-state index >= 15 is 0 Å². The van der Waals surface area contributed by atoms with Crippen LogP contribution in [-0.4, -0.2) is 16.2 Å². The Labute approximate surface area is 104 Å². The van der Waals surface area contributed by atoms with Crippen LogP contribution in [0.5, 0.6) is 0 Å². The maximum atomic E-state index is 11.8. The van der Waals surface area contributed by atoms with E-state index in [2.05, 4.69) is 0 Å². The van der Waals surface area contributed by atoms with Crippen LogP contribution in [0.4, 0.5) is 0 Å². The average Bonchev–Trinajstić information content (AvgIpc) is 2.47. The molecule has 0 aromatic heterocycles. The van der Waals surface area contributed by atoms with Crippen molar-refractivity contribution in [2.24, 2.45) is 0 Å². The molecular formula is C14H13NO3. The van der Waals surface area contributed by atoms with Crippen molar-refractivity contribution >= 4 is 5.91 Å². The van der Waals surface area contributed by atoms with Crippen molar-refractivity contribution < 1.29 is 15.1 Å². The zero-order chi connectivity index (χ0) is 13.0. The van der Waals surface area contributed by atoms with Crippen molar-refractivity contribution in [2.45, 2.75) is 5.60 Å². The first-order chi connectivity index (χ1) is 8.69. The van der Waals surface area contributed by atoms with Gasteiger partial charge in [-0.15, -0.1) is 0 Å². The van der Waals surface area contributed by atoms with Gasteiger partial charge in [0.25, 0.3) is 5.91 Å². The number of hydrogen-bond donors (Lipinski definition) is 3. The molecule has 0 fully saturated rings. The van der Waals surface area contributed by atoms with Crippen LogP contribution in [0, 0.1) is 0 Å². The van der Waals surface area contributed by atoms with Gasteiger partial charge in [0.05, 0.1) is 0 Å². The normalized spacial score (nSPS) is 11.0. The highest BCUT2D eigenvalue weighted by atomic mass is 16.5. The number of hydroxylamine groups is 1. The molecule has 1 amide bonds. The third-order valence-electron chi connectivity index (χ3n) is 2.81. The minimum atomic E-state index is -1.91. The van der Waals surface area contributed by atoms with Gasteiger partial charge in [0, 0.05) is 0 Å². The van der Waals surface area contributed by atoms with Gasteiger partial charge < -0.3 is 5.11 Å². The van der Waals surface area contributed by atoms with Gasteiger partial charge in [0.15, 0.2) is 5.60 Å². The Kier molecular flexibility index (Phi) is 3.41. The molecule has 0 heterocycles. The fourth-order valence-corrected chi connectivity index (χ4v) is 1.87. The number of aliphatic hydroxyl groups is 1. The van der Waals surface area contributed by atoms with Crippen LogP contribution in [0.3, 0.4) is 0 Å². The molecule has 4 heteroatoms. The molecule has 2 rings (SSSR count). The molecule has 0 saturated carbocycles. The lowest BCUT2D eigenvalue weighted by Gasteiger charge is -2.26. The van der Waals surface area contributed by atoms with Crippen LogP contribution in [0.15, 0.2) is 60.7 Å². The Morgan fingerprint density at radius 1 is 0.889 bits per heavy atom. The van der Waals surface area contributed by atoms with E-state index in [-0.39, 0.29) is 0 Å². The highest BCUT2D eigenvalue weighted by molar-refractivity contribution is 5.89. The minimum Gasteiger partial charge on any atom is -0.372 e. The van der Waals surface area contributed by atoms with Crippen molar-refractivity contribution in [3.8, 4) is 0 Å². The summed E-state index contributed by atoms with van der Waals surface area (Å²) in [5, 5.41) is 19.5. The molecule has 0 aliphatic carbocycles. The molecule has 0 radical (unpaired) electrons. The number of hydrogen-bond acceptors (Lipinski definition) is 3. The molecule has 0 atom stereocenters. The largest absolute Gasteiger partial charge is 0.372 e. The summed E-state index contributed by atoms with van der Waals surface area (Å²) in [5.41, 5.74) is 0.391. The van der Waals surface area contributed by atoms with Gasteiger partial charge in [0.1, 0.15) is 0 Å². The number of benzene rings is 2. The maximum absolute atomic E-state index is 11.8. The number of carbonyl (C=O) groups excluding carboxylic acids is 1. The monoisotopic (exact) mass is 243 g/mol. The lowest BCUT2D eigenvalue weighted by Crippen LogP contribution is -2.44. The van der Waals surface area contributed by atoms with Gasteiger partial charge in [-0.3, -0.25) is 10.0 Å². The molecular weight excluding hydrogens is 230 g/mol. The second kappa shape index (κ2) is 5.00. The Hall–Kier alpha value is -2.17. The predicted molar refractivity (Wildman–Crippen MR) is 65.8 cm³/mol. The highest BCUT2D eigenvalue weighted by Gasteiger charge is 2.39. The highest BCUT2D eigenvalue weighted by Crippen LogP contribution is 2.29. The van der Waals surface area contributed by atoms with E-state index < -0.39 is 11.5 Å². The molecule has 92 valence electrons. The molecule has 0 saturated heterocycles. The van der Waals surface area contributed by atoms with Crippen LogP contribution < -0.4 is 5.48 Å². The summed E-state index contributed by atoms with van der Waals surface area (Å²) >= 11 is 0. The maximum Gasteiger partial charge on any atom is 0.284 e. The molecule has 0 aliphatic heterocycles. The van der Waals surface area contributed by atoms with E-state index in [0.29, 0.717) is 11.1 Å². The number of rotatable bonds is 3. The summed E-state index contributed by atoms with van der Waals surface area (Å²) in [6.45, 7) is 0. The van der Waals surface area contributed by atoms with Gasteiger partial charge in [-0.2, -0.15) is 0 Å². The standard InChI is InChI=1S/C14H13NO3/c16-13(15-18)14(17,11-7-3-1-4-8-11)12-9-5-2-6-10-12/h1-10,17-18H,(H,15,16).